The lowest BCUT2D eigenvalue weighted by atomic mass is 10.3. The highest BCUT2D eigenvalue weighted by Gasteiger charge is 2.10. The lowest BCUT2D eigenvalue weighted by Crippen LogP contribution is -2.05. The molecule has 0 saturated heterocycles. The molecule has 6 heteroatoms. The van der Waals surface area contributed by atoms with Crippen LogP contribution < -0.4 is 19.5 Å². The number of methoxy groups -OCH3 is 2. The smallest absolute Gasteiger partial charge is 0.213 e. The zero-order valence-corrected chi connectivity index (χ0v) is 12.4. The zero-order chi connectivity index (χ0) is 15.1. The minimum Gasteiger partial charge on any atom is -0.493 e. The summed E-state index contributed by atoms with van der Waals surface area (Å²) < 4.78 is 15.9. The number of hydrogen-bond donors (Lipinski definition) is 1. The molecule has 0 aliphatic rings. The Morgan fingerprint density at radius 3 is 2.57 bits per heavy atom. The van der Waals surface area contributed by atoms with Gasteiger partial charge < -0.3 is 19.5 Å². The number of anilines is 1. The van der Waals surface area contributed by atoms with E-state index >= 15 is 0 Å². The molecule has 21 heavy (non-hydrogen) atoms. The fraction of sp³-hybridized carbons (Fsp3) is 0.333. The molecule has 2 aromatic heterocycles. The van der Waals surface area contributed by atoms with Crippen molar-refractivity contribution < 1.29 is 14.2 Å². The van der Waals surface area contributed by atoms with Crippen molar-refractivity contribution in [3.8, 4) is 17.4 Å². The molecule has 0 radical (unpaired) electrons. The summed E-state index contributed by atoms with van der Waals surface area (Å²) in [7, 11) is 3.20. The Labute approximate surface area is 124 Å². The molecule has 0 aliphatic carbocycles. The van der Waals surface area contributed by atoms with E-state index in [0.717, 1.165) is 11.4 Å². The van der Waals surface area contributed by atoms with E-state index in [1.165, 1.54) is 0 Å². The summed E-state index contributed by atoms with van der Waals surface area (Å²) >= 11 is 0. The van der Waals surface area contributed by atoms with Gasteiger partial charge in [-0.05, 0) is 13.0 Å². The monoisotopic (exact) mass is 289 g/mol. The van der Waals surface area contributed by atoms with Crippen LogP contribution in [0.5, 0.6) is 17.4 Å². The summed E-state index contributed by atoms with van der Waals surface area (Å²) in [4.78, 5) is 8.50. The number of hydrogen-bond acceptors (Lipinski definition) is 6. The van der Waals surface area contributed by atoms with Crippen LogP contribution in [0.4, 0.5) is 5.69 Å². The average molecular weight is 289 g/mol. The largest absolute Gasteiger partial charge is 0.493 e. The number of nitrogens with zero attached hydrogens (tertiary/aromatic N) is 2. The van der Waals surface area contributed by atoms with E-state index in [-0.39, 0.29) is 0 Å². The molecule has 0 aromatic carbocycles. The molecule has 0 spiro atoms. The summed E-state index contributed by atoms with van der Waals surface area (Å²) in [5.41, 5.74) is 1.65. The third kappa shape index (κ3) is 3.75. The van der Waals surface area contributed by atoms with Gasteiger partial charge in [0.15, 0.2) is 11.5 Å². The first-order valence-electron chi connectivity index (χ1n) is 6.67. The van der Waals surface area contributed by atoms with Gasteiger partial charge in [0.25, 0.3) is 0 Å². The highest BCUT2D eigenvalue weighted by molar-refractivity contribution is 5.46. The van der Waals surface area contributed by atoms with Crippen molar-refractivity contribution in [3.63, 3.8) is 0 Å². The Morgan fingerprint density at radius 1 is 1.10 bits per heavy atom. The molecule has 0 saturated carbocycles. The molecule has 2 rings (SSSR count). The lowest BCUT2D eigenvalue weighted by molar-refractivity contribution is 0.327. The van der Waals surface area contributed by atoms with Gasteiger partial charge in [-0.15, -0.1) is 0 Å². The van der Waals surface area contributed by atoms with E-state index in [4.69, 9.17) is 14.2 Å². The Hall–Kier alpha value is -2.50. The first-order valence-corrected chi connectivity index (χ1v) is 6.67. The van der Waals surface area contributed by atoms with Crippen LogP contribution in [0.3, 0.4) is 0 Å². The summed E-state index contributed by atoms with van der Waals surface area (Å²) in [6, 6.07) is 5.49. The van der Waals surface area contributed by atoms with Crippen molar-refractivity contribution >= 4 is 5.69 Å². The van der Waals surface area contributed by atoms with E-state index < -0.39 is 0 Å². The van der Waals surface area contributed by atoms with Gasteiger partial charge in [0, 0.05) is 18.3 Å². The van der Waals surface area contributed by atoms with Gasteiger partial charge >= 0.3 is 0 Å². The van der Waals surface area contributed by atoms with E-state index in [1.54, 1.807) is 32.7 Å². The van der Waals surface area contributed by atoms with Gasteiger partial charge in [-0.3, -0.25) is 4.98 Å². The zero-order valence-electron chi connectivity index (χ0n) is 12.4. The topological polar surface area (TPSA) is 65.5 Å². The molecule has 6 nitrogen and oxygen atoms in total. The van der Waals surface area contributed by atoms with E-state index in [9.17, 15) is 0 Å². The number of pyridine rings is 2. The SMILES string of the molecule is CCOc1ccc(NCc2nccc(OC)c2OC)cn1. The van der Waals surface area contributed by atoms with Gasteiger partial charge in [-0.25, -0.2) is 4.98 Å². The number of ether oxygens (including phenoxy) is 3. The molecule has 1 N–H and O–H groups in total. The second-order valence-corrected chi connectivity index (χ2v) is 4.16. The van der Waals surface area contributed by atoms with Crippen LogP contribution in [0.25, 0.3) is 0 Å². The number of nitrogens with one attached hydrogen (secondary N) is 1. The van der Waals surface area contributed by atoms with Crippen LogP contribution in [0.2, 0.25) is 0 Å². The van der Waals surface area contributed by atoms with Crippen LogP contribution in [-0.2, 0) is 6.54 Å². The number of rotatable bonds is 7. The van der Waals surface area contributed by atoms with Crippen LogP contribution in [-0.4, -0.2) is 30.8 Å². The maximum atomic E-state index is 5.34. The second-order valence-electron chi connectivity index (χ2n) is 4.16. The van der Waals surface area contributed by atoms with Crippen LogP contribution in [0, 0.1) is 0 Å². The molecule has 112 valence electrons. The highest BCUT2D eigenvalue weighted by atomic mass is 16.5. The quantitative estimate of drug-likeness (QED) is 0.845. The van der Waals surface area contributed by atoms with Gasteiger partial charge in [0.1, 0.15) is 5.69 Å². The summed E-state index contributed by atoms with van der Waals surface area (Å²) in [6.45, 7) is 3.04. The normalized spacial score (nSPS) is 10.0. The molecule has 0 aliphatic heterocycles. The minimum atomic E-state index is 0.510. The highest BCUT2D eigenvalue weighted by Crippen LogP contribution is 2.29. The minimum absolute atomic E-state index is 0.510. The predicted molar refractivity (Wildman–Crippen MR) is 80.1 cm³/mol. The van der Waals surface area contributed by atoms with Crippen molar-refractivity contribution in [1.82, 2.24) is 9.97 Å². The van der Waals surface area contributed by atoms with Crippen LogP contribution in [0.15, 0.2) is 30.6 Å². The van der Waals surface area contributed by atoms with E-state index in [0.29, 0.717) is 30.5 Å². The van der Waals surface area contributed by atoms with Crippen molar-refractivity contribution in [3.05, 3.63) is 36.3 Å². The average Bonchev–Trinajstić information content (AvgIpc) is 2.54. The Bertz CT molecular complexity index is 573. The molecule has 0 unspecified atom stereocenters. The van der Waals surface area contributed by atoms with E-state index in [2.05, 4.69) is 15.3 Å². The predicted octanol–water partition coefficient (Wildman–Crippen LogP) is 2.50. The van der Waals surface area contributed by atoms with Gasteiger partial charge in [0.05, 0.1) is 39.3 Å². The molecule has 0 amide bonds. The van der Waals surface area contributed by atoms with Crippen LogP contribution in [0.1, 0.15) is 12.6 Å². The maximum Gasteiger partial charge on any atom is 0.213 e. The van der Waals surface area contributed by atoms with Gasteiger partial charge in [0.2, 0.25) is 5.88 Å². The first-order chi connectivity index (χ1) is 10.3. The summed E-state index contributed by atoms with van der Waals surface area (Å²) in [5, 5.41) is 3.24. The molecular weight excluding hydrogens is 270 g/mol. The Kier molecular flexibility index (Phi) is 5.20. The lowest BCUT2D eigenvalue weighted by Gasteiger charge is -2.12. The molecule has 0 fully saturated rings. The molecule has 2 heterocycles. The molecule has 0 bridgehead atoms. The third-order valence-electron chi connectivity index (χ3n) is 2.85. The van der Waals surface area contributed by atoms with Crippen molar-refractivity contribution in [1.29, 1.82) is 0 Å². The molecular formula is C15H19N3O3. The van der Waals surface area contributed by atoms with Gasteiger partial charge in [-0.2, -0.15) is 0 Å². The molecule has 0 atom stereocenters. The van der Waals surface area contributed by atoms with Crippen molar-refractivity contribution in [2.75, 3.05) is 26.1 Å². The Balaban J connectivity index is 2.05. The van der Waals surface area contributed by atoms with Gasteiger partial charge in [-0.1, -0.05) is 0 Å². The van der Waals surface area contributed by atoms with Crippen molar-refractivity contribution in [2.45, 2.75) is 13.5 Å². The first kappa shape index (κ1) is 14.9. The van der Waals surface area contributed by atoms with Crippen LogP contribution >= 0.6 is 0 Å². The molecule has 2 aromatic rings. The standard InChI is InChI=1S/C15H19N3O3/c1-4-21-14-6-5-11(9-18-14)17-10-12-15(20-3)13(19-2)7-8-16-12/h5-9,17H,4,10H2,1-3H3. The Morgan fingerprint density at radius 2 is 1.95 bits per heavy atom. The maximum absolute atomic E-state index is 5.34. The van der Waals surface area contributed by atoms with Crippen molar-refractivity contribution in [2.24, 2.45) is 0 Å². The second kappa shape index (κ2) is 7.33. The summed E-state index contributed by atoms with van der Waals surface area (Å²) in [6.07, 6.45) is 3.41. The fourth-order valence-electron chi connectivity index (χ4n) is 1.88. The number of aromatic nitrogens is 2. The third-order valence-corrected chi connectivity index (χ3v) is 2.85. The van der Waals surface area contributed by atoms with E-state index in [1.807, 2.05) is 19.1 Å². The summed E-state index contributed by atoms with van der Waals surface area (Å²) in [5.74, 6) is 1.90. The fourth-order valence-corrected chi connectivity index (χ4v) is 1.88.